The van der Waals surface area contributed by atoms with E-state index in [1.54, 1.807) is 35.8 Å². The normalized spacial score (nSPS) is 11.4. The molecule has 8 heteroatoms. The molecule has 3 rings (SSSR count). The van der Waals surface area contributed by atoms with Crippen molar-refractivity contribution in [2.45, 2.75) is 18.7 Å². The van der Waals surface area contributed by atoms with Gasteiger partial charge >= 0.3 is 0 Å². The van der Waals surface area contributed by atoms with Crippen LogP contribution in [-0.4, -0.2) is 28.2 Å². The van der Waals surface area contributed by atoms with Crippen LogP contribution in [-0.2, 0) is 10.0 Å². The molecular formula is C15H15N5O2S. The lowest BCUT2D eigenvalue weighted by Gasteiger charge is -2.11. The highest BCUT2D eigenvalue weighted by Gasteiger charge is 2.17. The lowest BCUT2D eigenvalue weighted by atomic mass is 10.2. The van der Waals surface area contributed by atoms with E-state index in [4.69, 9.17) is 0 Å². The van der Waals surface area contributed by atoms with Gasteiger partial charge in [-0.2, -0.15) is 0 Å². The molecule has 118 valence electrons. The van der Waals surface area contributed by atoms with E-state index in [9.17, 15) is 8.42 Å². The third kappa shape index (κ3) is 3.21. The summed E-state index contributed by atoms with van der Waals surface area (Å²) in [7, 11) is -3.65. The lowest BCUT2D eigenvalue weighted by Crippen LogP contribution is -2.14. The van der Waals surface area contributed by atoms with Crippen molar-refractivity contribution in [3.8, 4) is 5.82 Å². The van der Waals surface area contributed by atoms with Crippen LogP contribution in [0.5, 0.6) is 0 Å². The van der Waals surface area contributed by atoms with E-state index < -0.39 is 10.0 Å². The Labute approximate surface area is 134 Å². The third-order valence-electron chi connectivity index (χ3n) is 3.32. The highest BCUT2D eigenvalue weighted by atomic mass is 32.2. The molecule has 0 amide bonds. The predicted molar refractivity (Wildman–Crippen MR) is 85.9 cm³/mol. The highest BCUT2D eigenvalue weighted by molar-refractivity contribution is 7.92. The van der Waals surface area contributed by atoms with Crippen LogP contribution in [0, 0.1) is 13.8 Å². The summed E-state index contributed by atoms with van der Waals surface area (Å²) in [6.07, 6.45) is 4.49. The Morgan fingerprint density at radius 3 is 2.43 bits per heavy atom. The van der Waals surface area contributed by atoms with E-state index in [-0.39, 0.29) is 4.90 Å². The first kappa shape index (κ1) is 15.2. The number of benzene rings is 1. The summed E-state index contributed by atoms with van der Waals surface area (Å²) in [5.41, 5.74) is 1.97. The highest BCUT2D eigenvalue weighted by Crippen LogP contribution is 2.20. The zero-order valence-corrected chi connectivity index (χ0v) is 13.4. The first-order chi connectivity index (χ1) is 11.0. The molecule has 1 N–H and O–H groups in total. The Balaban J connectivity index is 1.87. The Morgan fingerprint density at radius 2 is 1.78 bits per heavy atom. The van der Waals surface area contributed by atoms with Gasteiger partial charge in [-0.25, -0.2) is 13.4 Å². The third-order valence-corrected chi connectivity index (χ3v) is 4.84. The van der Waals surface area contributed by atoms with Crippen LogP contribution < -0.4 is 4.72 Å². The van der Waals surface area contributed by atoms with Crippen LogP contribution in [0.15, 0.2) is 54.1 Å². The summed E-state index contributed by atoms with van der Waals surface area (Å²) in [5.74, 6) is 0.602. The Kier molecular flexibility index (Phi) is 3.83. The number of nitrogens with one attached hydrogen (secondary N) is 1. The van der Waals surface area contributed by atoms with Crippen LogP contribution in [0.1, 0.15) is 11.1 Å². The number of aromatic nitrogens is 4. The summed E-state index contributed by atoms with van der Waals surface area (Å²) in [4.78, 5) is 4.46. The second-order valence-electron chi connectivity index (χ2n) is 5.15. The van der Waals surface area contributed by atoms with E-state index in [2.05, 4.69) is 19.9 Å². The van der Waals surface area contributed by atoms with Crippen LogP contribution in [0.25, 0.3) is 5.82 Å². The minimum atomic E-state index is -3.65. The maximum absolute atomic E-state index is 12.5. The molecule has 0 saturated heterocycles. The van der Waals surface area contributed by atoms with Gasteiger partial charge in [-0.3, -0.25) is 9.29 Å². The van der Waals surface area contributed by atoms with Gasteiger partial charge in [0.25, 0.3) is 10.0 Å². The predicted octanol–water partition coefficient (Wildman–Crippen LogP) is 2.08. The Bertz CT molecular complexity index is 919. The maximum Gasteiger partial charge on any atom is 0.262 e. The average Bonchev–Trinajstić information content (AvgIpc) is 3.04. The molecule has 0 spiro atoms. The summed E-state index contributed by atoms with van der Waals surface area (Å²) in [6.45, 7) is 3.62. The lowest BCUT2D eigenvalue weighted by molar-refractivity contribution is 0.600. The number of sulfonamides is 1. The zero-order chi connectivity index (χ0) is 16.4. The van der Waals surface area contributed by atoms with Gasteiger partial charge in [-0.1, -0.05) is 12.1 Å². The molecule has 23 heavy (non-hydrogen) atoms. The smallest absolute Gasteiger partial charge is 0.262 e. The molecule has 0 aliphatic carbocycles. The fraction of sp³-hybridized carbons (Fsp3) is 0.133. The average molecular weight is 329 g/mol. The SMILES string of the molecule is Cc1ccc(C)c(S(=O)(=O)Nc2ccc(-n3cnnc3)nc2)c1. The van der Waals surface area contributed by atoms with Crippen molar-refractivity contribution in [2.75, 3.05) is 4.72 Å². The van der Waals surface area contributed by atoms with Crippen molar-refractivity contribution >= 4 is 15.7 Å². The van der Waals surface area contributed by atoms with Crippen LogP contribution in [0.3, 0.4) is 0 Å². The van der Waals surface area contributed by atoms with Gasteiger partial charge in [-0.05, 0) is 43.2 Å². The standard InChI is InChI=1S/C15H15N5O2S/c1-11-3-4-12(2)14(7-11)23(21,22)19-13-5-6-15(16-8-13)20-9-17-18-10-20/h3-10,19H,1-2H3. The fourth-order valence-corrected chi connectivity index (χ4v) is 3.50. The molecule has 2 aromatic heterocycles. The number of rotatable bonds is 4. The monoisotopic (exact) mass is 329 g/mol. The minimum absolute atomic E-state index is 0.264. The molecule has 0 aliphatic rings. The van der Waals surface area contributed by atoms with E-state index in [0.717, 1.165) is 5.56 Å². The largest absolute Gasteiger partial charge is 0.278 e. The van der Waals surface area contributed by atoms with Crippen LogP contribution >= 0.6 is 0 Å². The molecule has 0 atom stereocenters. The van der Waals surface area contributed by atoms with E-state index in [0.29, 0.717) is 17.1 Å². The first-order valence-electron chi connectivity index (χ1n) is 6.87. The molecule has 0 saturated carbocycles. The number of hydrogen-bond acceptors (Lipinski definition) is 5. The van der Waals surface area contributed by atoms with Crippen molar-refractivity contribution in [1.82, 2.24) is 19.7 Å². The fourth-order valence-electron chi connectivity index (χ4n) is 2.13. The molecule has 0 radical (unpaired) electrons. The Hall–Kier alpha value is -2.74. The number of pyridine rings is 1. The first-order valence-corrected chi connectivity index (χ1v) is 8.35. The van der Waals surface area contributed by atoms with Crippen LogP contribution in [0.2, 0.25) is 0 Å². The molecule has 0 fully saturated rings. The number of nitrogens with zero attached hydrogens (tertiary/aromatic N) is 4. The Morgan fingerprint density at radius 1 is 1.04 bits per heavy atom. The van der Waals surface area contributed by atoms with E-state index >= 15 is 0 Å². The van der Waals surface area contributed by atoms with Crippen molar-refractivity contribution in [1.29, 1.82) is 0 Å². The second-order valence-corrected chi connectivity index (χ2v) is 6.80. The summed E-state index contributed by atoms with van der Waals surface area (Å²) in [6, 6.07) is 8.65. The summed E-state index contributed by atoms with van der Waals surface area (Å²) >= 11 is 0. The molecule has 3 aromatic rings. The van der Waals surface area contributed by atoms with Gasteiger partial charge in [0, 0.05) is 0 Å². The van der Waals surface area contributed by atoms with Crippen molar-refractivity contribution < 1.29 is 8.42 Å². The molecule has 0 unspecified atom stereocenters. The summed E-state index contributed by atoms with van der Waals surface area (Å²) < 4.78 is 29.2. The van der Waals surface area contributed by atoms with Crippen LogP contribution in [0.4, 0.5) is 5.69 Å². The van der Waals surface area contributed by atoms with E-state index in [1.165, 1.54) is 18.9 Å². The van der Waals surface area contributed by atoms with Crippen molar-refractivity contribution in [2.24, 2.45) is 0 Å². The molecule has 2 heterocycles. The molecule has 0 bridgehead atoms. The zero-order valence-electron chi connectivity index (χ0n) is 12.6. The van der Waals surface area contributed by atoms with Gasteiger partial charge in [0.05, 0.1) is 16.8 Å². The summed E-state index contributed by atoms with van der Waals surface area (Å²) in [5, 5.41) is 7.40. The molecule has 7 nitrogen and oxygen atoms in total. The quantitative estimate of drug-likeness (QED) is 0.791. The molecular weight excluding hydrogens is 314 g/mol. The van der Waals surface area contributed by atoms with Gasteiger partial charge in [0.2, 0.25) is 0 Å². The minimum Gasteiger partial charge on any atom is -0.278 e. The topological polar surface area (TPSA) is 89.8 Å². The van der Waals surface area contributed by atoms with Crippen molar-refractivity contribution in [3.05, 3.63) is 60.3 Å². The second kappa shape index (κ2) is 5.81. The number of hydrogen-bond donors (Lipinski definition) is 1. The van der Waals surface area contributed by atoms with Crippen molar-refractivity contribution in [3.63, 3.8) is 0 Å². The van der Waals surface area contributed by atoms with E-state index in [1.807, 2.05) is 13.0 Å². The van der Waals surface area contributed by atoms with Gasteiger partial charge in [-0.15, -0.1) is 10.2 Å². The van der Waals surface area contributed by atoms with Gasteiger partial charge in [0.15, 0.2) is 0 Å². The molecule has 1 aromatic carbocycles. The molecule has 0 aliphatic heterocycles. The number of aryl methyl sites for hydroxylation is 2. The van der Waals surface area contributed by atoms with Gasteiger partial charge in [0.1, 0.15) is 18.5 Å². The maximum atomic E-state index is 12.5. The number of anilines is 1. The van der Waals surface area contributed by atoms with Gasteiger partial charge < -0.3 is 0 Å².